The third kappa shape index (κ3) is 3.99. The number of anilines is 1. The van der Waals surface area contributed by atoms with Crippen LogP contribution in [-0.4, -0.2) is 19.1 Å². The van der Waals surface area contributed by atoms with Gasteiger partial charge in [0.2, 0.25) is 0 Å². The van der Waals surface area contributed by atoms with Crippen LogP contribution in [0.2, 0.25) is 0 Å². The quantitative estimate of drug-likeness (QED) is 0.915. The Morgan fingerprint density at radius 3 is 2.43 bits per heavy atom. The van der Waals surface area contributed by atoms with E-state index in [1.165, 1.54) is 0 Å². The third-order valence-electron chi connectivity index (χ3n) is 3.07. The highest BCUT2D eigenvalue weighted by Gasteiger charge is 2.16. The van der Waals surface area contributed by atoms with E-state index in [1.54, 1.807) is 26.2 Å². The molecule has 110 valence electrons. The van der Waals surface area contributed by atoms with Crippen LogP contribution in [0.5, 0.6) is 11.5 Å². The smallest absolute Gasteiger partial charge is 0.265 e. The van der Waals surface area contributed by atoms with Crippen LogP contribution >= 0.6 is 0 Å². The summed E-state index contributed by atoms with van der Waals surface area (Å²) >= 11 is 0. The van der Waals surface area contributed by atoms with Crippen LogP contribution < -0.4 is 14.8 Å². The molecule has 1 atom stereocenters. The summed E-state index contributed by atoms with van der Waals surface area (Å²) in [5.41, 5.74) is 1.78. The zero-order valence-corrected chi connectivity index (χ0v) is 12.4. The molecule has 0 heterocycles. The van der Waals surface area contributed by atoms with E-state index in [0.29, 0.717) is 17.2 Å². The summed E-state index contributed by atoms with van der Waals surface area (Å²) in [6, 6.07) is 14.9. The minimum Gasteiger partial charge on any atom is -0.495 e. The number of hydrogen-bond acceptors (Lipinski definition) is 3. The highest BCUT2D eigenvalue weighted by Crippen LogP contribution is 2.23. The summed E-state index contributed by atoms with van der Waals surface area (Å²) in [5.74, 6) is 1.07. The zero-order chi connectivity index (χ0) is 15.2. The van der Waals surface area contributed by atoms with Crippen molar-refractivity contribution in [3.63, 3.8) is 0 Å². The van der Waals surface area contributed by atoms with Crippen LogP contribution in [0, 0.1) is 6.92 Å². The van der Waals surface area contributed by atoms with Crippen molar-refractivity contribution >= 4 is 11.6 Å². The van der Waals surface area contributed by atoms with Gasteiger partial charge in [-0.2, -0.15) is 0 Å². The topological polar surface area (TPSA) is 47.6 Å². The molecule has 4 nitrogen and oxygen atoms in total. The van der Waals surface area contributed by atoms with E-state index in [4.69, 9.17) is 9.47 Å². The first-order valence-electron chi connectivity index (χ1n) is 6.77. The van der Waals surface area contributed by atoms with Crippen molar-refractivity contribution in [1.29, 1.82) is 0 Å². The Morgan fingerprint density at radius 2 is 1.76 bits per heavy atom. The second-order valence-electron chi connectivity index (χ2n) is 4.76. The molecule has 0 saturated carbocycles. The van der Waals surface area contributed by atoms with Crippen molar-refractivity contribution in [3.05, 3.63) is 54.1 Å². The van der Waals surface area contributed by atoms with Crippen molar-refractivity contribution in [3.8, 4) is 11.5 Å². The number of methoxy groups -OCH3 is 1. The van der Waals surface area contributed by atoms with Crippen molar-refractivity contribution in [2.45, 2.75) is 20.0 Å². The van der Waals surface area contributed by atoms with Gasteiger partial charge in [0.05, 0.1) is 12.8 Å². The number of rotatable bonds is 5. The van der Waals surface area contributed by atoms with E-state index < -0.39 is 6.10 Å². The molecule has 4 heteroatoms. The van der Waals surface area contributed by atoms with Crippen LogP contribution in [0.3, 0.4) is 0 Å². The Kier molecular flexibility index (Phi) is 4.82. The number of aryl methyl sites for hydroxylation is 1. The van der Waals surface area contributed by atoms with Crippen LogP contribution in [0.25, 0.3) is 0 Å². The molecule has 0 fully saturated rings. The average molecular weight is 285 g/mol. The molecule has 21 heavy (non-hydrogen) atoms. The minimum absolute atomic E-state index is 0.222. The number of nitrogens with one attached hydrogen (secondary N) is 1. The van der Waals surface area contributed by atoms with Gasteiger partial charge >= 0.3 is 0 Å². The molecule has 2 aromatic carbocycles. The predicted molar refractivity (Wildman–Crippen MR) is 82.9 cm³/mol. The summed E-state index contributed by atoms with van der Waals surface area (Å²) in [4.78, 5) is 12.2. The first-order chi connectivity index (χ1) is 10.1. The third-order valence-corrected chi connectivity index (χ3v) is 3.07. The summed E-state index contributed by atoms with van der Waals surface area (Å²) < 4.78 is 10.8. The predicted octanol–water partition coefficient (Wildman–Crippen LogP) is 3.41. The van der Waals surface area contributed by atoms with Gasteiger partial charge in [0.15, 0.2) is 6.10 Å². The molecule has 0 aliphatic carbocycles. The number of carbonyl (C=O) groups is 1. The fraction of sp³-hybridized carbons (Fsp3) is 0.235. The second kappa shape index (κ2) is 6.79. The molecule has 0 aliphatic heterocycles. The van der Waals surface area contributed by atoms with Gasteiger partial charge in [-0.15, -0.1) is 0 Å². The van der Waals surface area contributed by atoms with Gasteiger partial charge in [-0.1, -0.05) is 29.8 Å². The van der Waals surface area contributed by atoms with Crippen LogP contribution in [0.1, 0.15) is 12.5 Å². The molecular formula is C17H19NO3. The number of ether oxygens (including phenoxy) is 2. The summed E-state index contributed by atoms with van der Waals surface area (Å²) in [6.45, 7) is 3.71. The summed E-state index contributed by atoms with van der Waals surface area (Å²) in [6.07, 6.45) is -0.599. The SMILES string of the molecule is COc1ccccc1NC(=O)[C@H](C)Oc1ccc(C)cc1. The van der Waals surface area contributed by atoms with Gasteiger partial charge in [-0.3, -0.25) is 4.79 Å². The number of hydrogen-bond donors (Lipinski definition) is 1. The molecule has 2 rings (SSSR count). The van der Waals surface area contributed by atoms with Crippen LogP contribution in [0.15, 0.2) is 48.5 Å². The monoisotopic (exact) mass is 285 g/mol. The fourth-order valence-electron chi connectivity index (χ4n) is 1.86. The molecule has 0 bridgehead atoms. The maximum atomic E-state index is 12.2. The van der Waals surface area contributed by atoms with Gasteiger partial charge in [-0.05, 0) is 38.1 Å². The largest absolute Gasteiger partial charge is 0.495 e. The number of benzene rings is 2. The van der Waals surface area contributed by atoms with Gasteiger partial charge in [0, 0.05) is 0 Å². The lowest BCUT2D eigenvalue weighted by Gasteiger charge is -2.16. The van der Waals surface area contributed by atoms with Crippen molar-refractivity contribution in [1.82, 2.24) is 0 Å². The highest BCUT2D eigenvalue weighted by molar-refractivity contribution is 5.95. The number of amides is 1. The maximum absolute atomic E-state index is 12.2. The van der Waals surface area contributed by atoms with Gasteiger partial charge in [0.1, 0.15) is 11.5 Å². The molecule has 0 radical (unpaired) electrons. The van der Waals surface area contributed by atoms with Gasteiger partial charge < -0.3 is 14.8 Å². The first-order valence-corrected chi connectivity index (χ1v) is 6.77. The second-order valence-corrected chi connectivity index (χ2v) is 4.76. The van der Waals surface area contributed by atoms with E-state index >= 15 is 0 Å². The summed E-state index contributed by atoms with van der Waals surface area (Å²) in [7, 11) is 1.57. The lowest BCUT2D eigenvalue weighted by atomic mass is 10.2. The minimum atomic E-state index is -0.599. The number of para-hydroxylation sites is 2. The molecule has 0 aromatic heterocycles. The molecule has 0 saturated heterocycles. The Morgan fingerprint density at radius 1 is 1.10 bits per heavy atom. The average Bonchev–Trinajstić information content (AvgIpc) is 2.50. The molecule has 0 spiro atoms. The highest BCUT2D eigenvalue weighted by atomic mass is 16.5. The molecular weight excluding hydrogens is 266 g/mol. The first kappa shape index (κ1) is 14.9. The van der Waals surface area contributed by atoms with E-state index in [-0.39, 0.29) is 5.91 Å². The standard InChI is InChI=1S/C17H19NO3/c1-12-8-10-14(11-9-12)21-13(2)17(19)18-15-6-4-5-7-16(15)20-3/h4-11,13H,1-3H3,(H,18,19)/t13-/m0/s1. The molecule has 0 aliphatic rings. The summed E-state index contributed by atoms with van der Waals surface area (Å²) in [5, 5.41) is 2.80. The normalized spacial score (nSPS) is 11.6. The zero-order valence-electron chi connectivity index (χ0n) is 12.4. The lowest BCUT2D eigenvalue weighted by Crippen LogP contribution is -2.30. The number of carbonyl (C=O) groups excluding carboxylic acids is 1. The van der Waals surface area contributed by atoms with Gasteiger partial charge in [0.25, 0.3) is 5.91 Å². The van der Waals surface area contributed by atoms with Crippen molar-refractivity contribution in [2.24, 2.45) is 0 Å². The Hall–Kier alpha value is -2.49. The Balaban J connectivity index is 2.01. The van der Waals surface area contributed by atoms with Crippen LogP contribution in [-0.2, 0) is 4.79 Å². The Bertz CT molecular complexity index is 608. The molecule has 1 amide bonds. The van der Waals surface area contributed by atoms with Gasteiger partial charge in [-0.25, -0.2) is 0 Å². The van der Waals surface area contributed by atoms with Crippen LogP contribution in [0.4, 0.5) is 5.69 Å². The van der Waals surface area contributed by atoms with E-state index in [9.17, 15) is 4.79 Å². The van der Waals surface area contributed by atoms with Crippen molar-refractivity contribution < 1.29 is 14.3 Å². The van der Waals surface area contributed by atoms with Crippen molar-refractivity contribution in [2.75, 3.05) is 12.4 Å². The van der Waals surface area contributed by atoms with E-state index in [1.807, 2.05) is 43.3 Å². The molecule has 1 N–H and O–H groups in total. The Labute approximate surface area is 124 Å². The maximum Gasteiger partial charge on any atom is 0.265 e. The van der Waals surface area contributed by atoms with E-state index in [0.717, 1.165) is 5.56 Å². The lowest BCUT2D eigenvalue weighted by molar-refractivity contribution is -0.122. The fourth-order valence-corrected chi connectivity index (χ4v) is 1.86. The van der Waals surface area contributed by atoms with E-state index in [2.05, 4.69) is 5.32 Å². The molecule has 0 unspecified atom stereocenters. The molecule has 2 aromatic rings.